The first kappa shape index (κ1) is 14.7. The summed E-state index contributed by atoms with van der Waals surface area (Å²) in [6.45, 7) is -0.346. The van der Waals surface area contributed by atoms with E-state index in [-0.39, 0.29) is 6.61 Å². The maximum atomic E-state index is 11.8. The zero-order valence-corrected chi connectivity index (χ0v) is 11.9. The Bertz CT molecular complexity index is 521. The van der Waals surface area contributed by atoms with Gasteiger partial charge in [0, 0.05) is 5.75 Å². The van der Waals surface area contributed by atoms with E-state index in [1.165, 1.54) is 23.1 Å². The molecular weight excluding hydrogens is 318 g/mol. The zero-order chi connectivity index (χ0) is 13.7. The van der Waals surface area contributed by atoms with Crippen LogP contribution >= 0.6 is 34.7 Å². The van der Waals surface area contributed by atoms with Crippen LogP contribution in [0.3, 0.4) is 0 Å². The minimum absolute atomic E-state index is 0.206. The van der Waals surface area contributed by atoms with Crippen molar-refractivity contribution < 1.29 is 17.9 Å². The normalized spacial score (nSPS) is 11.4. The molecule has 2 aromatic rings. The van der Waals surface area contributed by atoms with Crippen molar-refractivity contribution in [2.45, 2.75) is 11.6 Å². The molecule has 19 heavy (non-hydrogen) atoms. The van der Waals surface area contributed by atoms with E-state index in [1.807, 2.05) is 0 Å². The van der Waals surface area contributed by atoms with Crippen molar-refractivity contribution in [3.05, 3.63) is 16.5 Å². The van der Waals surface area contributed by atoms with Crippen molar-refractivity contribution in [2.75, 3.05) is 19.0 Å². The topological polar surface area (TPSA) is 48.2 Å². The maximum absolute atomic E-state index is 11.8. The van der Waals surface area contributed by atoms with Gasteiger partial charge in [0.25, 0.3) is 17.5 Å². The molecule has 9 heteroatoms. The third kappa shape index (κ3) is 4.72. The molecule has 4 nitrogen and oxygen atoms in total. The average Bonchev–Trinajstić information content (AvgIpc) is 2.97. The summed E-state index contributed by atoms with van der Waals surface area (Å²) >= 11 is 8.40. The Hall–Kier alpha value is -0.700. The highest BCUT2D eigenvalue weighted by Gasteiger charge is 2.11. The van der Waals surface area contributed by atoms with Gasteiger partial charge < -0.3 is 9.15 Å². The molecule has 0 aliphatic carbocycles. The van der Waals surface area contributed by atoms with Crippen LogP contribution in [0.25, 0.3) is 10.8 Å². The van der Waals surface area contributed by atoms with Crippen molar-refractivity contribution in [1.82, 2.24) is 10.2 Å². The molecule has 0 fully saturated rings. The lowest BCUT2D eigenvalue weighted by Crippen LogP contribution is -2.06. The average molecular weight is 327 g/mol. The Morgan fingerprint density at radius 3 is 2.95 bits per heavy atom. The highest BCUT2D eigenvalue weighted by molar-refractivity contribution is 7.99. The van der Waals surface area contributed by atoms with Crippen LogP contribution in [0.1, 0.15) is 0 Å². The molecule has 0 saturated heterocycles. The number of ether oxygens (including phenoxy) is 1. The van der Waals surface area contributed by atoms with E-state index in [0.29, 0.717) is 21.2 Å². The zero-order valence-electron chi connectivity index (χ0n) is 9.51. The molecule has 0 aromatic carbocycles. The van der Waals surface area contributed by atoms with Gasteiger partial charge in [0.1, 0.15) is 6.61 Å². The fraction of sp³-hybridized carbons (Fsp3) is 0.400. The number of hydrogen-bond acceptors (Lipinski definition) is 6. The molecule has 0 aliphatic rings. The Morgan fingerprint density at radius 1 is 1.42 bits per heavy atom. The van der Waals surface area contributed by atoms with Crippen LogP contribution < -0.4 is 0 Å². The second-order valence-corrected chi connectivity index (χ2v) is 6.05. The summed E-state index contributed by atoms with van der Waals surface area (Å²) in [6.07, 6.45) is -2.44. The third-order valence-electron chi connectivity index (χ3n) is 1.89. The molecule has 0 amide bonds. The molecule has 2 rings (SSSR count). The van der Waals surface area contributed by atoms with E-state index in [1.54, 1.807) is 12.1 Å². The van der Waals surface area contributed by atoms with Crippen LogP contribution in [0.15, 0.2) is 21.8 Å². The minimum Gasteiger partial charge on any atom is -0.410 e. The number of aromatic nitrogens is 2. The SMILES string of the molecule is FC(F)COCCSc1nnc(-c2ccc(Cl)s2)o1. The summed E-state index contributed by atoms with van der Waals surface area (Å²) in [6, 6.07) is 3.54. The molecular formula is C10H9ClF2N2O2S2. The van der Waals surface area contributed by atoms with E-state index in [4.69, 9.17) is 20.8 Å². The highest BCUT2D eigenvalue weighted by atomic mass is 35.5. The number of halogens is 3. The van der Waals surface area contributed by atoms with Gasteiger partial charge in [-0.05, 0) is 12.1 Å². The van der Waals surface area contributed by atoms with Crippen molar-refractivity contribution in [1.29, 1.82) is 0 Å². The van der Waals surface area contributed by atoms with Crippen molar-refractivity contribution in [2.24, 2.45) is 0 Å². The maximum Gasteiger partial charge on any atom is 0.276 e. The smallest absolute Gasteiger partial charge is 0.276 e. The van der Waals surface area contributed by atoms with Gasteiger partial charge in [0.15, 0.2) is 0 Å². The summed E-state index contributed by atoms with van der Waals surface area (Å²) in [5.74, 6) is 0.868. The molecule has 0 atom stereocenters. The largest absolute Gasteiger partial charge is 0.410 e. The monoisotopic (exact) mass is 326 g/mol. The lowest BCUT2D eigenvalue weighted by atomic mass is 10.5. The van der Waals surface area contributed by atoms with Crippen molar-refractivity contribution >= 4 is 34.7 Å². The second-order valence-electron chi connectivity index (χ2n) is 3.29. The van der Waals surface area contributed by atoms with Crippen LogP contribution in [0, 0.1) is 0 Å². The fourth-order valence-corrected chi connectivity index (χ4v) is 2.73. The van der Waals surface area contributed by atoms with Gasteiger partial charge in [-0.25, -0.2) is 8.78 Å². The Balaban J connectivity index is 1.78. The number of nitrogens with zero attached hydrogens (tertiary/aromatic N) is 2. The quantitative estimate of drug-likeness (QED) is 0.571. The molecule has 0 unspecified atom stereocenters. The van der Waals surface area contributed by atoms with Crippen LogP contribution in [0.5, 0.6) is 0 Å². The molecule has 0 radical (unpaired) electrons. The summed E-state index contributed by atoms with van der Waals surface area (Å²) in [7, 11) is 0. The van der Waals surface area contributed by atoms with Crippen molar-refractivity contribution in [3.8, 4) is 10.8 Å². The van der Waals surface area contributed by atoms with Crippen LogP contribution in [-0.4, -0.2) is 35.6 Å². The van der Waals surface area contributed by atoms with Gasteiger partial charge in [-0.3, -0.25) is 0 Å². The first-order valence-corrected chi connectivity index (χ1v) is 7.41. The van der Waals surface area contributed by atoms with E-state index in [9.17, 15) is 8.78 Å². The molecule has 0 bridgehead atoms. The predicted octanol–water partition coefficient (Wildman–Crippen LogP) is 3.83. The lowest BCUT2D eigenvalue weighted by molar-refractivity contribution is 0.0237. The van der Waals surface area contributed by atoms with E-state index < -0.39 is 13.0 Å². The standard InChI is InChI=1S/C10H9ClF2N2O2S2/c11-7-2-1-6(19-7)9-14-15-10(17-9)18-4-3-16-5-8(12)13/h1-2,8H,3-5H2. The highest BCUT2D eigenvalue weighted by Crippen LogP contribution is 2.31. The fourth-order valence-electron chi connectivity index (χ4n) is 1.16. The summed E-state index contributed by atoms with van der Waals surface area (Å²) in [5.41, 5.74) is 0. The van der Waals surface area contributed by atoms with Crippen LogP contribution in [-0.2, 0) is 4.74 Å². The van der Waals surface area contributed by atoms with Gasteiger partial charge in [0.05, 0.1) is 15.8 Å². The minimum atomic E-state index is -2.44. The molecule has 0 N–H and O–H groups in total. The van der Waals surface area contributed by atoms with Crippen LogP contribution in [0.4, 0.5) is 8.78 Å². The summed E-state index contributed by atoms with van der Waals surface area (Å²) in [4.78, 5) is 0.790. The summed E-state index contributed by atoms with van der Waals surface area (Å²) < 4.78 is 34.4. The number of alkyl halides is 2. The first-order chi connectivity index (χ1) is 9.15. The van der Waals surface area contributed by atoms with Crippen molar-refractivity contribution in [3.63, 3.8) is 0 Å². The van der Waals surface area contributed by atoms with Gasteiger partial charge >= 0.3 is 0 Å². The number of rotatable bonds is 7. The Kier molecular flexibility index (Phi) is 5.56. The van der Waals surface area contributed by atoms with E-state index >= 15 is 0 Å². The van der Waals surface area contributed by atoms with Crippen LogP contribution in [0.2, 0.25) is 4.34 Å². The first-order valence-electron chi connectivity index (χ1n) is 5.23. The summed E-state index contributed by atoms with van der Waals surface area (Å²) in [5, 5.41) is 8.10. The molecule has 0 saturated carbocycles. The van der Waals surface area contributed by atoms with Gasteiger partial charge in [-0.15, -0.1) is 21.5 Å². The molecule has 2 aromatic heterocycles. The number of hydrogen-bond donors (Lipinski definition) is 0. The number of thiophene rings is 1. The lowest BCUT2D eigenvalue weighted by Gasteiger charge is -2.00. The molecule has 104 valence electrons. The van der Waals surface area contributed by atoms with Gasteiger partial charge in [0.2, 0.25) is 0 Å². The Morgan fingerprint density at radius 2 is 2.26 bits per heavy atom. The van der Waals surface area contributed by atoms with Gasteiger partial charge in [-0.1, -0.05) is 23.4 Å². The van der Waals surface area contributed by atoms with Gasteiger partial charge in [-0.2, -0.15) is 0 Å². The number of thioether (sulfide) groups is 1. The van der Waals surface area contributed by atoms with E-state index in [0.717, 1.165) is 4.88 Å². The third-order valence-corrected chi connectivity index (χ3v) is 3.89. The second kappa shape index (κ2) is 7.18. The molecule has 0 spiro atoms. The Labute approximate surface area is 121 Å². The molecule has 2 heterocycles. The predicted molar refractivity (Wildman–Crippen MR) is 70.2 cm³/mol. The van der Waals surface area contributed by atoms with E-state index in [2.05, 4.69) is 10.2 Å². The molecule has 0 aliphatic heterocycles.